The van der Waals surface area contributed by atoms with Crippen molar-refractivity contribution in [1.82, 2.24) is 0 Å². The van der Waals surface area contributed by atoms with Crippen LogP contribution in [0.2, 0.25) is 0 Å². The van der Waals surface area contributed by atoms with E-state index >= 15 is 0 Å². The topological polar surface area (TPSA) is 72.8 Å². The summed E-state index contributed by atoms with van der Waals surface area (Å²) in [6.07, 6.45) is 3.75. The van der Waals surface area contributed by atoms with Crippen LogP contribution in [0.3, 0.4) is 0 Å². The molecule has 0 radical (unpaired) electrons. The van der Waals surface area contributed by atoms with Crippen LogP contribution in [0.15, 0.2) is 42.5 Å². The van der Waals surface area contributed by atoms with Gasteiger partial charge in [-0.1, -0.05) is 37.3 Å². The van der Waals surface area contributed by atoms with E-state index in [0.29, 0.717) is 24.8 Å². The Morgan fingerprint density at radius 2 is 2.14 bits per heavy atom. The van der Waals surface area contributed by atoms with Crippen LogP contribution in [-0.4, -0.2) is 35.4 Å². The number of carbonyl (C=O) groups excluding carboxylic acids is 2. The first-order valence-electron chi connectivity index (χ1n) is 9.71. The Hall–Kier alpha value is -2.58. The highest BCUT2D eigenvalue weighted by molar-refractivity contribution is 5.89. The second-order valence-corrected chi connectivity index (χ2v) is 7.50. The second kappa shape index (κ2) is 9.07. The molecule has 1 heterocycles. The fourth-order valence-corrected chi connectivity index (χ4v) is 3.89. The van der Waals surface area contributed by atoms with Crippen molar-refractivity contribution in [3.63, 3.8) is 0 Å². The normalized spacial score (nSPS) is 28.2. The molecule has 0 spiro atoms. The molecular formula is C23H26O5. The monoisotopic (exact) mass is 382 g/mol. The van der Waals surface area contributed by atoms with E-state index in [1.54, 1.807) is 37.3 Å². The molecule has 5 heteroatoms. The molecule has 0 aromatic heterocycles. The summed E-state index contributed by atoms with van der Waals surface area (Å²) >= 11 is 0. The van der Waals surface area contributed by atoms with E-state index in [4.69, 9.17) is 9.47 Å². The molecule has 6 atom stereocenters. The third-order valence-electron chi connectivity index (χ3n) is 5.53. The van der Waals surface area contributed by atoms with Gasteiger partial charge in [-0.2, -0.15) is 0 Å². The van der Waals surface area contributed by atoms with Crippen LogP contribution in [0.25, 0.3) is 0 Å². The largest absolute Gasteiger partial charge is 0.462 e. The Morgan fingerprint density at radius 3 is 2.86 bits per heavy atom. The van der Waals surface area contributed by atoms with Crippen molar-refractivity contribution in [2.45, 2.75) is 51.4 Å². The molecule has 1 N–H and O–H groups in total. The highest BCUT2D eigenvalue weighted by atomic mass is 16.6. The molecule has 0 bridgehead atoms. The zero-order chi connectivity index (χ0) is 20.1. The number of aliphatic hydroxyl groups is 1. The summed E-state index contributed by atoms with van der Waals surface area (Å²) in [6.45, 7) is 3.71. The molecular weight excluding hydrogens is 356 g/mol. The summed E-state index contributed by atoms with van der Waals surface area (Å²) in [5, 5.41) is 10.4. The lowest BCUT2D eigenvalue weighted by Gasteiger charge is -2.21. The van der Waals surface area contributed by atoms with Crippen molar-refractivity contribution in [2.24, 2.45) is 17.8 Å². The van der Waals surface area contributed by atoms with Gasteiger partial charge >= 0.3 is 11.9 Å². The van der Waals surface area contributed by atoms with Gasteiger partial charge in [-0.15, -0.1) is 11.8 Å². The van der Waals surface area contributed by atoms with E-state index in [9.17, 15) is 14.7 Å². The van der Waals surface area contributed by atoms with E-state index < -0.39 is 6.10 Å². The molecule has 2 aliphatic rings. The molecule has 1 saturated carbocycles. The standard InChI is InChI=1S/C23H26O5/c1-3-4-8-15(2)19(24)12-11-17-18-13-22(25)27-21(18)14-20(17)28-23(26)16-9-6-5-7-10-16/h5-7,9-12,15,17-21,24H,8,13-14H2,1-2H3/b12-11+/t15-,17-,18-,19+,20-,21+/m1/s1. The minimum Gasteiger partial charge on any atom is -0.462 e. The molecule has 3 rings (SSSR count). The fraction of sp³-hybridized carbons (Fsp3) is 0.478. The smallest absolute Gasteiger partial charge is 0.338 e. The summed E-state index contributed by atoms with van der Waals surface area (Å²) < 4.78 is 11.1. The maximum absolute atomic E-state index is 12.5. The molecule has 148 valence electrons. The van der Waals surface area contributed by atoms with Gasteiger partial charge in [0, 0.05) is 24.7 Å². The number of hydrogen-bond donors (Lipinski definition) is 1. The van der Waals surface area contributed by atoms with Crippen molar-refractivity contribution in [3.8, 4) is 11.8 Å². The number of benzene rings is 1. The van der Waals surface area contributed by atoms with Gasteiger partial charge in [0.05, 0.1) is 18.1 Å². The number of ether oxygens (including phenoxy) is 2. The fourth-order valence-electron chi connectivity index (χ4n) is 3.89. The van der Waals surface area contributed by atoms with Crippen LogP contribution in [0, 0.1) is 29.6 Å². The van der Waals surface area contributed by atoms with E-state index in [-0.39, 0.29) is 41.9 Å². The molecule has 5 nitrogen and oxygen atoms in total. The molecule has 0 amide bonds. The van der Waals surface area contributed by atoms with Gasteiger partial charge < -0.3 is 14.6 Å². The lowest BCUT2D eigenvalue weighted by molar-refractivity contribution is -0.141. The SMILES string of the molecule is CC#CC[C@@H](C)[C@@H](O)/C=C/[C@@H]1[C@H]2CC(=O)O[C@H]2C[C@H]1OC(=O)c1ccccc1. The molecule has 28 heavy (non-hydrogen) atoms. The Balaban J connectivity index is 1.71. The summed E-state index contributed by atoms with van der Waals surface area (Å²) in [5.74, 6) is 5.00. The summed E-state index contributed by atoms with van der Waals surface area (Å²) in [7, 11) is 0. The molecule has 1 saturated heterocycles. The van der Waals surface area contributed by atoms with Gasteiger partial charge in [-0.25, -0.2) is 4.79 Å². The first kappa shape index (κ1) is 20.2. The highest BCUT2D eigenvalue weighted by Crippen LogP contribution is 2.43. The van der Waals surface area contributed by atoms with Crippen molar-refractivity contribution in [2.75, 3.05) is 0 Å². The second-order valence-electron chi connectivity index (χ2n) is 7.50. The Kier molecular flexibility index (Phi) is 6.53. The van der Waals surface area contributed by atoms with Crippen LogP contribution < -0.4 is 0 Å². The minimum atomic E-state index is -0.650. The van der Waals surface area contributed by atoms with Crippen LogP contribution >= 0.6 is 0 Å². The predicted molar refractivity (Wildman–Crippen MR) is 104 cm³/mol. The van der Waals surface area contributed by atoms with E-state index in [2.05, 4.69) is 11.8 Å². The van der Waals surface area contributed by atoms with Crippen LogP contribution in [0.5, 0.6) is 0 Å². The molecule has 1 aromatic rings. The maximum atomic E-state index is 12.5. The Bertz CT molecular complexity index is 788. The third-order valence-corrected chi connectivity index (χ3v) is 5.53. The number of esters is 2. The van der Waals surface area contributed by atoms with Crippen LogP contribution in [-0.2, 0) is 14.3 Å². The average Bonchev–Trinajstić information content (AvgIpc) is 3.20. The van der Waals surface area contributed by atoms with Gasteiger partial charge in [0.2, 0.25) is 0 Å². The lowest BCUT2D eigenvalue weighted by Crippen LogP contribution is -2.25. The van der Waals surface area contributed by atoms with E-state index in [0.717, 1.165) is 0 Å². The van der Waals surface area contributed by atoms with Gasteiger partial charge in [0.15, 0.2) is 0 Å². The van der Waals surface area contributed by atoms with Gasteiger partial charge in [0.25, 0.3) is 0 Å². The van der Waals surface area contributed by atoms with Crippen LogP contribution in [0.4, 0.5) is 0 Å². The Morgan fingerprint density at radius 1 is 1.39 bits per heavy atom. The first-order valence-corrected chi connectivity index (χ1v) is 9.71. The number of hydrogen-bond acceptors (Lipinski definition) is 5. The number of rotatable bonds is 6. The average molecular weight is 382 g/mol. The molecule has 1 aliphatic heterocycles. The molecule has 2 fully saturated rings. The first-order chi connectivity index (χ1) is 13.5. The van der Waals surface area contributed by atoms with E-state index in [1.165, 1.54) is 0 Å². The van der Waals surface area contributed by atoms with Crippen molar-refractivity contribution in [1.29, 1.82) is 0 Å². The minimum absolute atomic E-state index is 0.00678. The zero-order valence-corrected chi connectivity index (χ0v) is 16.2. The highest BCUT2D eigenvalue weighted by Gasteiger charge is 2.50. The zero-order valence-electron chi connectivity index (χ0n) is 16.2. The maximum Gasteiger partial charge on any atom is 0.338 e. The number of aliphatic hydroxyl groups excluding tert-OH is 1. The lowest BCUT2D eigenvalue weighted by atomic mass is 9.90. The number of carbonyl (C=O) groups is 2. The number of fused-ring (bicyclic) bond motifs is 1. The van der Waals surface area contributed by atoms with Crippen molar-refractivity contribution < 1.29 is 24.2 Å². The Labute approximate surface area is 165 Å². The molecule has 1 aliphatic carbocycles. The predicted octanol–water partition coefficient (Wildman–Crippen LogP) is 3.13. The summed E-state index contributed by atoms with van der Waals surface area (Å²) in [5.41, 5.74) is 0.492. The third kappa shape index (κ3) is 4.63. The van der Waals surface area contributed by atoms with Crippen molar-refractivity contribution >= 4 is 11.9 Å². The van der Waals surface area contributed by atoms with Crippen LogP contribution in [0.1, 0.15) is 43.5 Å². The molecule has 1 aromatic carbocycles. The molecule has 0 unspecified atom stereocenters. The van der Waals surface area contributed by atoms with Gasteiger partial charge in [-0.05, 0) is 25.0 Å². The summed E-state index contributed by atoms with van der Waals surface area (Å²) in [4.78, 5) is 24.2. The summed E-state index contributed by atoms with van der Waals surface area (Å²) in [6, 6.07) is 8.84. The van der Waals surface area contributed by atoms with Gasteiger partial charge in [0.1, 0.15) is 12.2 Å². The van der Waals surface area contributed by atoms with Crippen molar-refractivity contribution in [3.05, 3.63) is 48.0 Å². The van der Waals surface area contributed by atoms with E-state index in [1.807, 2.05) is 19.1 Å². The quantitative estimate of drug-likeness (QED) is 0.465. The van der Waals surface area contributed by atoms with Gasteiger partial charge in [-0.3, -0.25) is 4.79 Å².